The fourth-order valence-electron chi connectivity index (χ4n) is 2.66. The molecule has 0 aromatic carbocycles. The highest BCUT2D eigenvalue weighted by molar-refractivity contribution is 8.00. The van der Waals surface area contributed by atoms with Gasteiger partial charge in [0.25, 0.3) is 0 Å². The van der Waals surface area contributed by atoms with Crippen LogP contribution in [0.3, 0.4) is 0 Å². The third kappa shape index (κ3) is 4.88. The summed E-state index contributed by atoms with van der Waals surface area (Å²) in [6.45, 7) is 2.18. The Labute approximate surface area is 108 Å². The molecule has 4 heteroatoms. The van der Waals surface area contributed by atoms with Crippen molar-refractivity contribution in [1.82, 2.24) is 10.6 Å². The molecule has 1 aliphatic carbocycles. The Balaban J connectivity index is 1.61. The van der Waals surface area contributed by atoms with Crippen LogP contribution in [-0.2, 0) is 4.79 Å². The molecule has 17 heavy (non-hydrogen) atoms. The van der Waals surface area contributed by atoms with E-state index in [0.29, 0.717) is 17.0 Å². The van der Waals surface area contributed by atoms with E-state index in [9.17, 15) is 4.79 Å². The molecule has 1 unspecified atom stereocenters. The van der Waals surface area contributed by atoms with Gasteiger partial charge in [0.15, 0.2) is 0 Å². The first-order valence-electron chi connectivity index (χ1n) is 6.96. The van der Waals surface area contributed by atoms with Crippen molar-refractivity contribution >= 4 is 17.7 Å². The molecule has 1 saturated heterocycles. The van der Waals surface area contributed by atoms with Crippen molar-refractivity contribution in [2.45, 2.75) is 56.2 Å². The Morgan fingerprint density at radius 3 is 2.59 bits per heavy atom. The van der Waals surface area contributed by atoms with Crippen LogP contribution < -0.4 is 10.6 Å². The molecule has 2 aliphatic rings. The molecule has 2 rings (SSSR count). The van der Waals surface area contributed by atoms with Crippen molar-refractivity contribution in [3.05, 3.63) is 0 Å². The molecule has 3 nitrogen and oxygen atoms in total. The molecule has 1 heterocycles. The molecule has 2 N–H and O–H groups in total. The van der Waals surface area contributed by atoms with Gasteiger partial charge in [0.1, 0.15) is 0 Å². The SMILES string of the molecule is O=C(CSC1CCNC1)NC1CCCCCC1. The molecule has 1 saturated carbocycles. The van der Waals surface area contributed by atoms with Crippen molar-refractivity contribution in [2.24, 2.45) is 0 Å². The number of thioether (sulfide) groups is 1. The summed E-state index contributed by atoms with van der Waals surface area (Å²) in [6, 6.07) is 0.451. The largest absolute Gasteiger partial charge is 0.353 e. The predicted molar refractivity (Wildman–Crippen MR) is 73.4 cm³/mol. The summed E-state index contributed by atoms with van der Waals surface area (Å²) in [4.78, 5) is 11.8. The Bertz CT molecular complexity index is 234. The number of hydrogen-bond acceptors (Lipinski definition) is 3. The van der Waals surface area contributed by atoms with Crippen LogP contribution in [0.5, 0.6) is 0 Å². The van der Waals surface area contributed by atoms with Crippen molar-refractivity contribution < 1.29 is 4.79 Å². The highest BCUT2D eigenvalue weighted by Crippen LogP contribution is 2.19. The average Bonchev–Trinajstić information content (AvgIpc) is 2.72. The quantitative estimate of drug-likeness (QED) is 0.755. The van der Waals surface area contributed by atoms with Crippen LogP contribution in [0.15, 0.2) is 0 Å². The van der Waals surface area contributed by atoms with Gasteiger partial charge in [0, 0.05) is 17.8 Å². The van der Waals surface area contributed by atoms with E-state index in [1.54, 1.807) is 0 Å². The number of carbonyl (C=O) groups excluding carboxylic acids is 1. The number of nitrogens with one attached hydrogen (secondary N) is 2. The zero-order chi connectivity index (χ0) is 11.9. The maximum absolute atomic E-state index is 11.8. The van der Waals surface area contributed by atoms with Gasteiger partial charge in [-0.25, -0.2) is 0 Å². The second-order valence-corrected chi connectivity index (χ2v) is 6.47. The lowest BCUT2D eigenvalue weighted by Gasteiger charge is -2.16. The van der Waals surface area contributed by atoms with E-state index in [-0.39, 0.29) is 5.91 Å². The zero-order valence-corrected chi connectivity index (χ0v) is 11.4. The summed E-state index contributed by atoms with van der Waals surface area (Å²) in [7, 11) is 0. The third-order valence-electron chi connectivity index (χ3n) is 3.69. The Morgan fingerprint density at radius 2 is 1.94 bits per heavy atom. The van der Waals surface area contributed by atoms with Gasteiger partial charge in [-0.3, -0.25) is 4.79 Å². The first-order chi connectivity index (χ1) is 8.34. The molecular weight excluding hydrogens is 232 g/mol. The van der Waals surface area contributed by atoms with E-state index in [0.717, 1.165) is 13.1 Å². The fraction of sp³-hybridized carbons (Fsp3) is 0.923. The predicted octanol–water partition coefficient (Wildman–Crippen LogP) is 1.92. The third-order valence-corrected chi connectivity index (χ3v) is 4.99. The lowest BCUT2D eigenvalue weighted by Crippen LogP contribution is -2.36. The summed E-state index contributed by atoms with van der Waals surface area (Å²) in [5, 5.41) is 7.18. The van der Waals surface area contributed by atoms with E-state index in [2.05, 4.69) is 10.6 Å². The maximum Gasteiger partial charge on any atom is 0.230 e. The normalized spacial score (nSPS) is 26.7. The number of carbonyl (C=O) groups is 1. The molecule has 1 amide bonds. The Morgan fingerprint density at radius 1 is 1.18 bits per heavy atom. The van der Waals surface area contributed by atoms with Gasteiger partial charge in [-0.2, -0.15) is 0 Å². The number of rotatable bonds is 4. The van der Waals surface area contributed by atoms with Gasteiger partial charge in [-0.15, -0.1) is 11.8 Å². The molecule has 0 spiro atoms. The second kappa shape index (κ2) is 7.27. The lowest BCUT2D eigenvalue weighted by molar-refractivity contribution is -0.119. The minimum absolute atomic E-state index is 0.244. The summed E-state index contributed by atoms with van der Waals surface area (Å²) >= 11 is 1.81. The molecular formula is C13H24N2OS. The average molecular weight is 256 g/mol. The fourth-order valence-corrected chi connectivity index (χ4v) is 3.65. The zero-order valence-electron chi connectivity index (χ0n) is 10.5. The molecule has 98 valence electrons. The van der Waals surface area contributed by atoms with Gasteiger partial charge in [-0.05, 0) is 25.8 Å². The highest BCUT2D eigenvalue weighted by Gasteiger charge is 2.18. The lowest BCUT2D eigenvalue weighted by atomic mass is 10.1. The molecule has 0 aromatic heterocycles. The number of hydrogen-bond donors (Lipinski definition) is 2. The van der Waals surface area contributed by atoms with Gasteiger partial charge < -0.3 is 10.6 Å². The molecule has 1 atom stereocenters. The van der Waals surface area contributed by atoms with Crippen LogP contribution in [0.1, 0.15) is 44.9 Å². The topological polar surface area (TPSA) is 41.1 Å². The van der Waals surface area contributed by atoms with Gasteiger partial charge in [0.2, 0.25) is 5.91 Å². The highest BCUT2D eigenvalue weighted by atomic mass is 32.2. The van der Waals surface area contributed by atoms with Crippen LogP contribution in [0.25, 0.3) is 0 Å². The van der Waals surface area contributed by atoms with Gasteiger partial charge >= 0.3 is 0 Å². The van der Waals surface area contributed by atoms with Crippen molar-refractivity contribution in [3.8, 4) is 0 Å². The van der Waals surface area contributed by atoms with Crippen LogP contribution in [0.2, 0.25) is 0 Å². The van der Waals surface area contributed by atoms with Crippen molar-refractivity contribution in [1.29, 1.82) is 0 Å². The van der Waals surface area contributed by atoms with Gasteiger partial charge in [0.05, 0.1) is 5.75 Å². The molecule has 1 aliphatic heterocycles. The van der Waals surface area contributed by atoms with Crippen LogP contribution >= 0.6 is 11.8 Å². The summed E-state index contributed by atoms with van der Waals surface area (Å²) in [5.74, 6) is 0.886. The minimum Gasteiger partial charge on any atom is -0.353 e. The Hall–Kier alpha value is -0.220. The smallest absolute Gasteiger partial charge is 0.230 e. The molecule has 2 fully saturated rings. The van der Waals surface area contributed by atoms with Crippen molar-refractivity contribution in [3.63, 3.8) is 0 Å². The van der Waals surface area contributed by atoms with E-state index >= 15 is 0 Å². The maximum atomic E-state index is 11.8. The second-order valence-electron chi connectivity index (χ2n) is 5.18. The summed E-state index contributed by atoms with van der Waals surface area (Å²) in [5.41, 5.74) is 0. The monoisotopic (exact) mass is 256 g/mol. The minimum atomic E-state index is 0.244. The van der Waals surface area contributed by atoms with E-state index < -0.39 is 0 Å². The first-order valence-corrected chi connectivity index (χ1v) is 8.01. The van der Waals surface area contributed by atoms with Crippen molar-refractivity contribution in [2.75, 3.05) is 18.8 Å². The first kappa shape index (κ1) is 13.2. The number of amides is 1. The van der Waals surface area contributed by atoms with Crippen LogP contribution in [0.4, 0.5) is 0 Å². The van der Waals surface area contributed by atoms with Crippen LogP contribution in [-0.4, -0.2) is 36.0 Å². The summed E-state index contributed by atoms with van der Waals surface area (Å²) in [6.07, 6.45) is 8.82. The van der Waals surface area contributed by atoms with Crippen LogP contribution in [0, 0.1) is 0 Å². The van der Waals surface area contributed by atoms with E-state index in [1.165, 1.54) is 44.9 Å². The van der Waals surface area contributed by atoms with E-state index in [4.69, 9.17) is 0 Å². The molecule has 0 bridgehead atoms. The van der Waals surface area contributed by atoms with Gasteiger partial charge in [-0.1, -0.05) is 25.7 Å². The molecule has 0 radical (unpaired) electrons. The standard InChI is InChI=1S/C13H24N2OS/c16-13(10-17-12-7-8-14-9-12)15-11-5-3-1-2-4-6-11/h11-12,14H,1-10H2,(H,15,16). The summed E-state index contributed by atoms with van der Waals surface area (Å²) < 4.78 is 0. The Kier molecular flexibility index (Phi) is 5.65. The van der Waals surface area contributed by atoms with E-state index in [1.807, 2.05) is 11.8 Å². The molecule has 0 aromatic rings.